The van der Waals surface area contributed by atoms with E-state index in [0.717, 1.165) is 28.9 Å². The number of likely N-dealkylation sites (N-methyl/N-ethyl adjacent to an activating group) is 1. The van der Waals surface area contributed by atoms with Gasteiger partial charge in [0.1, 0.15) is 0 Å². The maximum absolute atomic E-state index is 12.8. The van der Waals surface area contributed by atoms with Crippen molar-refractivity contribution in [2.24, 2.45) is 0 Å². The number of rotatable bonds is 8. The Hall–Kier alpha value is -3.45. The van der Waals surface area contributed by atoms with Crippen LogP contribution in [-0.4, -0.2) is 59.0 Å². The molecule has 7 heteroatoms. The van der Waals surface area contributed by atoms with Gasteiger partial charge < -0.3 is 15.1 Å². The SMILES string of the molecule is CC(C(=O)Nc1cc(C2CC2)[nH]n1)c1cccc(C2=CCN(C(=O)/C=C/CN(C)C)C=C2)c1. The standard InChI is InChI=1S/C26H31N5O2/c1-18(26(33)27-24-17-23(28-29-24)20-9-10-20)21-6-4-7-22(16-21)19-11-14-31(15-12-19)25(32)8-5-13-30(2)3/h4-8,11-12,14,16-18,20H,9-10,13,15H2,1-3H3,(H2,27,28,29,33)/b8-5+. The summed E-state index contributed by atoms with van der Waals surface area (Å²) in [5, 5.41) is 10.2. The first-order valence-corrected chi connectivity index (χ1v) is 11.4. The lowest BCUT2D eigenvalue weighted by molar-refractivity contribution is -0.123. The highest BCUT2D eigenvalue weighted by Gasteiger charge is 2.26. The van der Waals surface area contributed by atoms with Gasteiger partial charge in [-0.2, -0.15) is 5.10 Å². The number of aromatic nitrogens is 2. The van der Waals surface area contributed by atoms with Gasteiger partial charge in [-0.15, -0.1) is 0 Å². The van der Waals surface area contributed by atoms with Crippen molar-refractivity contribution in [1.82, 2.24) is 20.0 Å². The van der Waals surface area contributed by atoms with E-state index in [1.165, 1.54) is 12.8 Å². The molecular weight excluding hydrogens is 414 g/mol. The number of H-pyrrole nitrogens is 1. The molecule has 2 amide bonds. The van der Waals surface area contributed by atoms with Crippen LogP contribution in [0.3, 0.4) is 0 Å². The van der Waals surface area contributed by atoms with Gasteiger partial charge in [0, 0.05) is 43.0 Å². The minimum atomic E-state index is -0.320. The number of allylic oxidation sites excluding steroid dienone is 2. The molecule has 2 aromatic rings. The maximum atomic E-state index is 12.8. The first-order valence-electron chi connectivity index (χ1n) is 11.4. The molecule has 0 radical (unpaired) electrons. The number of amides is 2. The molecule has 1 unspecified atom stereocenters. The Bertz CT molecular complexity index is 1110. The lowest BCUT2D eigenvalue weighted by Crippen LogP contribution is -2.26. The minimum absolute atomic E-state index is 0.0364. The van der Waals surface area contributed by atoms with Crippen molar-refractivity contribution in [1.29, 1.82) is 0 Å². The zero-order chi connectivity index (χ0) is 23.4. The van der Waals surface area contributed by atoms with Gasteiger partial charge in [-0.1, -0.05) is 36.4 Å². The van der Waals surface area contributed by atoms with Gasteiger partial charge >= 0.3 is 0 Å². The van der Waals surface area contributed by atoms with E-state index in [1.54, 1.807) is 11.0 Å². The molecule has 1 aliphatic carbocycles. The summed E-state index contributed by atoms with van der Waals surface area (Å²) in [5.74, 6) is 0.696. The number of hydrogen-bond donors (Lipinski definition) is 2. The predicted octanol–water partition coefficient (Wildman–Crippen LogP) is 3.89. The molecule has 4 rings (SSSR count). The van der Waals surface area contributed by atoms with Crippen molar-refractivity contribution in [3.05, 3.63) is 77.7 Å². The molecule has 7 nitrogen and oxygen atoms in total. The highest BCUT2D eigenvalue weighted by atomic mass is 16.2. The summed E-state index contributed by atoms with van der Waals surface area (Å²) < 4.78 is 0. The van der Waals surface area contributed by atoms with Crippen LogP contribution in [0.4, 0.5) is 5.82 Å². The summed E-state index contributed by atoms with van der Waals surface area (Å²) >= 11 is 0. The number of nitrogens with one attached hydrogen (secondary N) is 2. The quantitative estimate of drug-likeness (QED) is 0.604. The average Bonchev–Trinajstić information content (AvgIpc) is 3.57. The number of carbonyl (C=O) groups is 2. The molecule has 1 atom stereocenters. The normalized spacial score (nSPS) is 16.8. The molecule has 172 valence electrons. The van der Waals surface area contributed by atoms with Gasteiger partial charge in [0.05, 0.1) is 5.92 Å². The second-order valence-corrected chi connectivity index (χ2v) is 8.95. The highest BCUT2D eigenvalue weighted by molar-refractivity contribution is 5.95. The number of anilines is 1. The van der Waals surface area contributed by atoms with E-state index < -0.39 is 0 Å². The van der Waals surface area contributed by atoms with Crippen LogP contribution in [0, 0.1) is 0 Å². The third-order valence-electron chi connectivity index (χ3n) is 5.94. The average molecular weight is 446 g/mol. The number of carbonyl (C=O) groups excluding carboxylic acids is 2. The number of nitrogens with zero attached hydrogens (tertiary/aromatic N) is 3. The van der Waals surface area contributed by atoms with Crippen molar-refractivity contribution in [2.75, 3.05) is 32.5 Å². The molecule has 2 heterocycles. The van der Waals surface area contributed by atoms with Gasteiger partial charge in [-0.25, -0.2) is 0 Å². The third kappa shape index (κ3) is 5.87. The van der Waals surface area contributed by atoms with Crippen molar-refractivity contribution in [2.45, 2.75) is 31.6 Å². The molecule has 1 saturated carbocycles. The Morgan fingerprint density at radius 2 is 2.12 bits per heavy atom. The fourth-order valence-corrected chi connectivity index (χ4v) is 3.71. The van der Waals surface area contributed by atoms with E-state index >= 15 is 0 Å². The van der Waals surface area contributed by atoms with E-state index in [4.69, 9.17) is 0 Å². The first kappa shape index (κ1) is 22.7. The van der Waals surface area contributed by atoms with Crippen molar-refractivity contribution in [3.63, 3.8) is 0 Å². The Morgan fingerprint density at radius 1 is 1.30 bits per heavy atom. The molecule has 1 aliphatic heterocycles. The van der Waals surface area contributed by atoms with Crippen molar-refractivity contribution < 1.29 is 9.59 Å². The fourth-order valence-electron chi connectivity index (χ4n) is 3.71. The summed E-state index contributed by atoms with van der Waals surface area (Å²) in [4.78, 5) is 28.8. The van der Waals surface area contributed by atoms with Gasteiger partial charge in [-0.3, -0.25) is 14.7 Å². The molecule has 0 bridgehead atoms. The van der Waals surface area contributed by atoms with Crippen LogP contribution >= 0.6 is 0 Å². The topological polar surface area (TPSA) is 81.3 Å². The van der Waals surface area contributed by atoms with Crippen LogP contribution in [0.15, 0.2) is 60.8 Å². The Labute approximate surface area is 194 Å². The molecule has 2 N–H and O–H groups in total. The van der Waals surface area contributed by atoms with Gasteiger partial charge in [0.25, 0.3) is 5.91 Å². The molecule has 2 aliphatic rings. The minimum Gasteiger partial charge on any atom is -0.312 e. The van der Waals surface area contributed by atoms with E-state index in [-0.39, 0.29) is 17.7 Å². The van der Waals surface area contributed by atoms with Crippen LogP contribution in [0.2, 0.25) is 0 Å². The van der Waals surface area contributed by atoms with Crippen molar-refractivity contribution in [3.8, 4) is 0 Å². The smallest absolute Gasteiger partial charge is 0.250 e. The molecule has 33 heavy (non-hydrogen) atoms. The van der Waals surface area contributed by atoms with E-state index in [2.05, 4.69) is 15.5 Å². The zero-order valence-corrected chi connectivity index (χ0v) is 19.4. The zero-order valence-electron chi connectivity index (χ0n) is 19.4. The van der Waals surface area contributed by atoms with E-state index in [1.807, 2.05) is 80.7 Å². The van der Waals surface area contributed by atoms with Crippen LogP contribution < -0.4 is 5.32 Å². The number of aromatic amines is 1. The van der Waals surface area contributed by atoms with Crippen molar-refractivity contribution >= 4 is 23.2 Å². The van der Waals surface area contributed by atoms with Crippen LogP contribution in [-0.2, 0) is 9.59 Å². The van der Waals surface area contributed by atoms with Crippen LogP contribution in [0.25, 0.3) is 5.57 Å². The number of benzene rings is 1. The summed E-state index contributed by atoms with van der Waals surface area (Å²) in [7, 11) is 3.93. The molecular formula is C26H31N5O2. The second-order valence-electron chi connectivity index (χ2n) is 8.95. The van der Waals surface area contributed by atoms with Crippen LogP contribution in [0.5, 0.6) is 0 Å². The molecule has 1 fully saturated rings. The van der Waals surface area contributed by atoms with Crippen LogP contribution in [0.1, 0.15) is 48.4 Å². The van der Waals surface area contributed by atoms with Gasteiger partial charge in [0.2, 0.25) is 5.91 Å². The largest absolute Gasteiger partial charge is 0.312 e. The molecule has 1 aromatic heterocycles. The second kappa shape index (κ2) is 10.0. The number of hydrogen-bond acceptors (Lipinski definition) is 4. The molecule has 0 spiro atoms. The molecule has 0 saturated heterocycles. The lowest BCUT2D eigenvalue weighted by atomic mass is 9.95. The Morgan fingerprint density at radius 3 is 2.82 bits per heavy atom. The van der Waals surface area contributed by atoms with Gasteiger partial charge in [-0.05, 0) is 56.6 Å². The summed E-state index contributed by atoms with van der Waals surface area (Å²) in [6, 6.07) is 9.92. The highest BCUT2D eigenvalue weighted by Crippen LogP contribution is 2.39. The monoisotopic (exact) mass is 445 g/mol. The first-order chi connectivity index (χ1) is 15.9. The summed E-state index contributed by atoms with van der Waals surface area (Å²) in [5.41, 5.74) is 4.08. The molecule has 1 aromatic carbocycles. The lowest BCUT2D eigenvalue weighted by Gasteiger charge is -2.20. The third-order valence-corrected chi connectivity index (χ3v) is 5.94. The Balaban J connectivity index is 1.37. The Kier molecular flexibility index (Phi) is 6.89. The summed E-state index contributed by atoms with van der Waals surface area (Å²) in [6.07, 6.45) is 11.6. The summed E-state index contributed by atoms with van der Waals surface area (Å²) in [6.45, 7) is 3.14. The maximum Gasteiger partial charge on any atom is 0.250 e. The predicted molar refractivity (Wildman–Crippen MR) is 131 cm³/mol. The van der Waals surface area contributed by atoms with E-state index in [0.29, 0.717) is 18.3 Å². The fraction of sp³-hybridized carbons (Fsp3) is 0.346. The van der Waals surface area contributed by atoms with E-state index in [9.17, 15) is 9.59 Å². The van der Waals surface area contributed by atoms with Gasteiger partial charge in [0.15, 0.2) is 5.82 Å².